The molecule has 0 saturated heterocycles. The van der Waals surface area contributed by atoms with Gasteiger partial charge in [0, 0.05) is 13.1 Å². The molecule has 1 aromatic heterocycles. The average Bonchev–Trinajstić information content (AvgIpc) is 2.72. The summed E-state index contributed by atoms with van der Waals surface area (Å²) in [7, 11) is -3.14. The Morgan fingerprint density at radius 3 is 2.79 bits per heavy atom. The molecule has 0 fully saturated rings. The second-order valence-corrected chi connectivity index (χ2v) is 7.54. The van der Waals surface area contributed by atoms with Crippen molar-refractivity contribution in [3.05, 3.63) is 0 Å². The molecule has 3 N–H and O–H groups in total. The number of aromatic nitrogens is 2. The van der Waals surface area contributed by atoms with E-state index < -0.39 is 16.0 Å². The van der Waals surface area contributed by atoms with Crippen LogP contribution in [0.3, 0.4) is 0 Å². The van der Waals surface area contributed by atoms with Crippen molar-refractivity contribution in [2.75, 3.05) is 30.4 Å². The second kappa shape index (κ2) is 7.62. The summed E-state index contributed by atoms with van der Waals surface area (Å²) in [6, 6.07) is 0. The average molecular weight is 326 g/mol. The molecule has 1 aromatic rings. The van der Waals surface area contributed by atoms with Gasteiger partial charge in [0.05, 0.1) is 12.0 Å². The summed E-state index contributed by atoms with van der Waals surface area (Å²) in [5.41, 5.74) is 0. The molecular weight excluding hydrogens is 312 g/mol. The lowest BCUT2D eigenvalue weighted by Crippen LogP contribution is -2.24. The Morgan fingerprint density at radius 2 is 2.16 bits per heavy atom. The van der Waals surface area contributed by atoms with Crippen molar-refractivity contribution in [3.63, 3.8) is 0 Å². The Hall–Kier alpha value is -0.910. The van der Waals surface area contributed by atoms with Crippen LogP contribution in [-0.2, 0) is 14.8 Å². The molecule has 0 aliphatic rings. The quantitative estimate of drug-likeness (QED) is 0.430. The Morgan fingerprint density at radius 1 is 1.42 bits per heavy atom. The summed E-state index contributed by atoms with van der Waals surface area (Å²) in [6.45, 7) is 0.909. The first-order chi connectivity index (χ1) is 8.87. The molecule has 0 aromatic carbocycles. The SMILES string of the molecule is CS(=O)(=O)NCCCNc1nnc(SCC(=O)O)s1. The molecule has 0 saturated carbocycles. The van der Waals surface area contributed by atoms with E-state index in [-0.39, 0.29) is 5.75 Å². The Balaban J connectivity index is 2.21. The van der Waals surface area contributed by atoms with Gasteiger partial charge in [0.2, 0.25) is 15.2 Å². The molecule has 0 amide bonds. The van der Waals surface area contributed by atoms with Gasteiger partial charge in [0.25, 0.3) is 0 Å². The van der Waals surface area contributed by atoms with Gasteiger partial charge in [0.1, 0.15) is 0 Å². The summed E-state index contributed by atoms with van der Waals surface area (Å²) >= 11 is 2.38. The van der Waals surface area contributed by atoms with Crippen molar-refractivity contribution >= 4 is 44.2 Å². The van der Waals surface area contributed by atoms with E-state index in [4.69, 9.17) is 5.11 Å². The van der Waals surface area contributed by atoms with Gasteiger partial charge < -0.3 is 10.4 Å². The third-order valence-electron chi connectivity index (χ3n) is 1.72. The van der Waals surface area contributed by atoms with Gasteiger partial charge in [-0.3, -0.25) is 4.79 Å². The first-order valence-electron chi connectivity index (χ1n) is 5.23. The van der Waals surface area contributed by atoms with Crippen LogP contribution in [0, 0.1) is 0 Å². The summed E-state index contributed by atoms with van der Waals surface area (Å²) in [6.07, 6.45) is 1.72. The molecule has 1 heterocycles. The van der Waals surface area contributed by atoms with E-state index >= 15 is 0 Å². The van der Waals surface area contributed by atoms with Crippen LogP contribution in [0.15, 0.2) is 4.34 Å². The van der Waals surface area contributed by atoms with Gasteiger partial charge in [-0.25, -0.2) is 13.1 Å². The van der Waals surface area contributed by atoms with Crippen molar-refractivity contribution in [1.82, 2.24) is 14.9 Å². The van der Waals surface area contributed by atoms with Crippen LogP contribution in [0.25, 0.3) is 0 Å². The Kier molecular flexibility index (Phi) is 6.48. The van der Waals surface area contributed by atoms with Crippen LogP contribution >= 0.6 is 23.1 Å². The molecule has 0 aliphatic carbocycles. The zero-order valence-electron chi connectivity index (χ0n) is 10.1. The molecule has 0 spiro atoms. The summed E-state index contributed by atoms with van der Waals surface area (Å²) in [4.78, 5) is 10.4. The number of rotatable bonds is 9. The summed E-state index contributed by atoms with van der Waals surface area (Å²) in [5.74, 6) is -0.950. The monoisotopic (exact) mass is 326 g/mol. The molecule has 0 aliphatic heterocycles. The van der Waals surface area contributed by atoms with Crippen LogP contribution < -0.4 is 10.0 Å². The van der Waals surface area contributed by atoms with Gasteiger partial charge in [-0.15, -0.1) is 10.2 Å². The predicted octanol–water partition coefficient (Wildman–Crippen LogP) is 0.0660. The van der Waals surface area contributed by atoms with Crippen LogP contribution in [0.2, 0.25) is 0 Å². The van der Waals surface area contributed by atoms with Gasteiger partial charge in [-0.1, -0.05) is 23.1 Å². The maximum atomic E-state index is 10.8. The molecule has 0 unspecified atom stereocenters. The van der Waals surface area contributed by atoms with E-state index in [2.05, 4.69) is 20.2 Å². The number of aliphatic carboxylic acids is 1. The smallest absolute Gasteiger partial charge is 0.313 e. The minimum absolute atomic E-state index is 0.0487. The number of carbonyl (C=O) groups is 1. The highest BCUT2D eigenvalue weighted by Crippen LogP contribution is 2.24. The number of carboxylic acids is 1. The number of anilines is 1. The van der Waals surface area contributed by atoms with E-state index in [9.17, 15) is 13.2 Å². The first kappa shape index (κ1) is 16.1. The molecule has 108 valence electrons. The second-order valence-electron chi connectivity index (χ2n) is 3.50. The largest absolute Gasteiger partial charge is 0.481 e. The molecule has 19 heavy (non-hydrogen) atoms. The number of hydrogen-bond acceptors (Lipinski definition) is 8. The zero-order chi connectivity index (χ0) is 14.3. The number of nitrogens with one attached hydrogen (secondary N) is 2. The van der Waals surface area contributed by atoms with Crippen LogP contribution in [0.5, 0.6) is 0 Å². The van der Waals surface area contributed by atoms with Crippen molar-refractivity contribution in [1.29, 1.82) is 0 Å². The van der Waals surface area contributed by atoms with Gasteiger partial charge in [-0.05, 0) is 6.42 Å². The summed E-state index contributed by atoms with van der Waals surface area (Å²) in [5, 5.41) is 19.8. The highest BCUT2D eigenvalue weighted by atomic mass is 32.2. The minimum Gasteiger partial charge on any atom is -0.481 e. The summed E-state index contributed by atoms with van der Waals surface area (Å²) < 4.78 is 24.5. The fourth-order valence-corrected chi connectivity index (χ4v) is 3.02. The number of nitrogens with zero attached hydrogens (tertiary/aromatic N) is 2. The van der Waals surface area contributed by atoms with Gasteiger partial charge in [0.15, 0.2) is 4.34 Å². The normalized spacial score (nSPS) is 11.4. The third kappa shape index (κ3) is 7.97. The van der Waals surface area contributed by atoms with Gasteiger partial charge in [-0.2, -0.15) is 0 Å². The van der Waals surface area contributed by atoms with Crippen molar-refractivity contribution in [2.45, 2.75) is 10.8 Å². The van der Waals surface area contributed by atoms with Crippen molar-refractivity contribution < 1.29 is 18.3 Å². The fourth-order valence-electron chi connectivity index (χ4n) is 1.00. The predicted molar refractivity (Wildman–Crippen MR) is 74.2 cm³/mol. The number of thioether (sulfide) groups is 1. The maximum absolute atomic E-state index is 10.8. The van der Waals surface area contributed by atoms with Crippen LogP contribution in [0.1, 0.15) is 6.42 Å². The van der Waals surface area contributed by atoms with E-state index in [1.807, 2.05) is 0 Å². The lowest BCUT2D eigenvalue weighted by molar-refractivity contribution is -0.133. The van der Waals surface area contributed by atoms with E-state index in [1.165, 1.54) is 11.3 Å². The van der Waals surface area contributed by atoms with Crippen LogP contribution in [0.4, 0.5) is 5.13 Å². The first-order valence-corrected chi connectivity index (χ1v) is 8.93. The molecule has 11 heteroatoms. The lowest BCUT2D eigenvalue weighted by Gasteiger charge is -2.02. The fraction of sp³-hybridized carbons (Fsp3) is 0.625. The topological polar surface area (TPSA) is 121 Å². The van der Waals surface area contributed by atoms with Gasteiger partial charge >= 0.3 is 5.97 Å². The number of hydrogen-bond donors (Lipinski definition) is 3. The van der Waals surface area contributed by atoms with Crippen LogP contribution in [-0.4, -0.2) is 54.8 Å². The number of carboxylic acid groups (broad SMARTS) is 1. The maximum Gasteiger partial charge on any atom is 0.313 e. The van der Waals surface area contributed by atoms with E-state index in [0.29, 0.717) is 29.0 Å². The Bertz CT molecular complexity index is 516. The van der Waals surface area contributed by atoms with E-state index in [0.717, 1.165) is 18.0 Å². The molecule has 0 bridgehead atoms. The Labute approximate surface area is 119 Å². The highest BCUT2D eigenvalue weighted by Gasteiger charge is 2.06. The lowest BCUT2D eigenvalue weighted by atomic mass is 10.4. The standard InChI is InChI=1S/C8H14N4O4S3/c1-19(15,16)10-4-2-3-9-7-11-12-8(18-7)17-5-6(13)14/h10H,2-5H2,1H3,(H,9,11)(H,13,14). The zero-order valence-corrected chi connectivity index (χ0v) is 12.6. The molecule has 1 rings (SSSR count). The molecular formula is C8H14N4O4S3. The third-order valence-corrected chi connectivity index (χ3v) is 4.45. The molecule has 8 nitrogen and oxygen atoms in total. The number of sulfonamides is 1. The highest BCUT2D eigenvalue weighted by molar-refractivity contribution is 8.01. The van der Waals surface area contributed by atoms with Crippen molar-refractivity contribution in [2.24, 2.45) is 0 Å². The van der Waals surface area contributed by atoms with E-state index in [1.54, 1.807) is 0 Å². The molecule has 0 atom stereocenters. The molecule has 0 radical (unpaired) electrons. The van der Waals surface area contributed by atoms with Crippen molar-refractivity contribution in [3.8, 4) is 0 Å². The minimum atomic E-state index is -3.14.